The molecule has 0 bridgehead atoms. The van der Waals surface area contributed by atoms with Crippen LogP contribution in [0.1, 0.15) is 29.6 Å². The van der Waals surface area contributed by atoms with E-state index in [4.69, 9.17) is 5.11 Å². The number of ether oxygens (including phenoxy) is 1. The van der Waals surface area contributed by atoms with Gasteiger partial charge in [-0.25, -0.2) is 0 Å². The molecule has 2 fully saturated rings. The number of likely N-dealkylation sites (tertiary alicyclic amines) is 1. The molecule has 1 aromatic carbocycles. The van der Waals surface area contributed by atoms with Crippen molar-refractivity contribution in [1.29, 1.82) is 0 Å². The summed E-state index contributed by atoms with van der Waals surface area (Å²) in [4.78, 5) is 25.1. The van der Waals surface area contributed by atoms with Gasteiger partial charge in [-0.2, -0.15) is 8.78 Å². The number of alkyl halides is 2. The number of halogens is 2. The maximum absolute atomic E-state index is 12.4. The highest BCUT2D eigenvalue weighted by molar-refractivity contribution is 5.94. The van der Waals surface area contributed by atoms with Crippen LogP contribution < -0.4 is 4.74 Å². The third-order valence-electron chi connectivity index (χ3n) is 4.86. The highest BCUT2D eigenvalue weighted by Crippen LogP contribution is 2.59. The van der Waals surface area contributed by atoms with Crippen LogP contribution in [0, 0.1) is 11.3 Å². The lowest BCUT2D eigenvalue weighted by atomic mass is 9.90. The predicted molar refractivity (Wildman–Crippen MR) is 76.4 cm³/mol. The van der Waals surface area contributed by atoms with E-state index in [-0.39, 0.29) is 23.0 Å². The molecule has 0 aromatic heterocycles. The molecule has 1 spiro atoms. The Kier molecular flexibility index (Phi) is 3.95. The number of amides is 1. The molecule has 23 heavy (non-hydrogen) atoms. The number of carbonyl (C=O) groups is 2. The summed E-state index contributed by atoms with van der Waals surface area (Å²) in [7, 11) is 0. The van der Waals surface area contributed by atoms with Crippen molar-refractivity contribution in [2.75, 3.05) is 13.1 Å². The van der Waals surface area contributed by atoms with Gasteiger partial charge in [0.15, 0.2) is 0 Å². The first kappa shape index (κ1) is 15.7. The van der Waals surface area contributed by atoms with Gasteiger partial charge in [0.1, 0.15) is 5.75 Å². The van der Waals surface area contributed by atoms with Crippen molar-refractivity contribution < 1.29 is 28.2 Å². The van der Waals surface area contributed by atoms with Crippen LogP contribution in [0.3, 0.4) is 0 Å². The minimum Gasteiger partial charge on any atom is -0.481 e. The summed E-state index contributed by atoms with van der Waals surface area (Å²) in [6.45, 7) is -1.84. The van der Waals surface area contributed by atoms with Crippen LogP contribution in [0.4, 0.5) is 8.78 Å². The third kappa shape index (κ3) is 3.13. The number of benzene rings is 1. The second-order valence-electron chi connectivity index (χ2n) is 6.15. The topological polar surface area (TPSA) is 66.8 Å². The van der Waals surface area contributed by atoms with Crippen molar-refractivity contribution in [3.63, 3.8) is 0 Å². The second kappa shape index (κ2) is 5.79. The van der Waals surface area contributed by atoms with Crippen LogP contribution >= 0.6 is 0 Å². The molecule has 1 saturated heterocycles. The lowest BCUT2D eigenvalue weighted by Gasteiger charge is -2.32. The Labute approximate surface area is 131 Å². The predicted octanol–water partition coefficient (Wildman–Crippen LogP) is 2.61. The van der Waals surface area contributed by atoms with Crippen molar-refractivity contribution in [2.24, 2.45) is 11.3 Å². The van der Waals surface area contributed by atoms with Crippen molar-refractivity contribution in [1.82, 2.24) is 4.90 Å². The molecule has 5 nitrogen and oxygen atoms in total. The Morgan fingerprint density at radius 1 is 1.22 bits per heavy atom. The quantitative estimate of drug-likeness (QED) is 0.924. The molecule has 1 saturated carbocycles. The SMILES string of the molecule is O=C(O)C1CC12CCN(C(=O)c1ccc(OC(F)F)cc1)CC2. The maximum Gasteiger partial charge on any atom is 0.387 e. The van der Waals surface area contributed by atoms with Crippen molar-refractivity contribution in [2.45, 2.75) is 25.9 Å². The average Bonchev–Trinajstić information content (AvgIpc) is 3.22. The Hall–Kier alpha value is -2.18. The standard InChI is InChI=1S/C16H17F2NO4/c17-15(18)23-11-3-1-10(2-4-11)13(20)19-7-5-16(6-8-19)9-12(16)14(21)22/h1-4,12,15H,5-9H2,(H,21,22). The van der Waals surface area contributed by atoms with Gasteiger partial charge in [0.05, 0.1) is 5.92 Å². The summed E-state index contributed by atoms with van der Waals surface area (Å²) >= 11 is 0. The molecule has 1 aliphatic heterocycles. The van der Waals surface area contributed by atoms with E-state index in [9.17, 15) is 18.4 Å². The fourth-order valence-corrected chi connectivity index (χ4v) is 3.37. The fourth-order valence-electron chi connectivity index (χ4n) is 3.37. The van der Waals surface area contributed by atoms with Crippen molar-refractivity contribution in [3.8, 4) is 5.75 Å². The summed E-state index contributed by atoms with van der Waals surface area (Å²) in [6.07, 6.45) is 2.09. The monoisotopic (exact) mass is 325 g/mol. The summed E-state index contributed by atoms with van der Waals surface area (Å²) in [5.74, 6) is -1.18. The molecule has 1 heterocycles. The number of carbonyl (C=O) groups excluding carboxylic acids is 1. The molecule has 0 radical (unpaired) electrons. The third-order valence-corrected chi connectivity index (χ3v) is 4.86. The van der Waals surface area contributed by atoms with Crippen molar-refractivity contribution in [3.05, 3.63) is 29.8 Å². The second-order valence-corrected chi connectivity index (χ2v) is 6.15. The zero-order chi connectivity index (χ0) is 16.6. The number of carboxylic acid groups (broad SMARTS) is 1. The van der Waals surface area contributed by atoms with Gasteiger partial charge in [-0.05, 0) is 48.9 Å². The first-order chi connectivity index (χ1) is 10.9. The Morgan fingerprint density at radius 2 is 1.83 bits per heavy atom. The smallest absolute Gasteiger partial charge is 0.387 e. The van der Waals surface area contributed by atoms with E-state index in [0.29, 0.717) is 37.9 Å². The van der Waals surface area contributed by atoms with E-state index < -0.39 is 12.6 Å². The Balaban J connectivity index is 1.58. The van der Waals surface area contributed by atoms with Crippen LogP contribution in [0.15, 0.2) is 24.3 Å². The van der Waals surface area contributed by atoms with Gasteiger partial charge in [0.2, 0.25) is 0 Å². The minimum atomic E-state index is -2.89. The van der Waals surface area contributed by atoms with E-state index in [1.165, 1.54) is 24.3 Å². The van der Waals surface area contributed by atoms with Crippen LogP contribution in [-0.4, -0.2) is 41.6 Å². The van der Waals surface area contributed by atoms with Crippen LogP contribution in [0.5, 0.6) is 5.75 Å². The summed E-state index contributed by atoms with van der Waals surface area (Å²) in [6, 6.07) is 5.60. The fraction of sp³-hybridized carbons (Fsp3) is 0.500. The summed E-state index contributed by atoms with van der Waals surface area (Å²) < 4.78 is 28.4. The van der Waals surface area contributed by atoms with Gasteiger partial charge in [-0.3, -0.25) is 9.59 Å². The molecule has 124 valence electrons. The van der Waals surface area contributed by atoms with Gasteiger partial charge >= 0.3 is 12.6 Å². The maximum atomic E-state index is 12.4. The van der Waals surface area contributed by atoms with Crippen LogP contribution in [0.2, 0.25) is 0 Å². The zero-order valence-electron chi connectivity index (χ0n) is 12.4. The van der Waals surface area contributed by atoms with E-state index in [1.807, 2.05) is 0 Å². The van der Waals surface area contributed by atoms with Gasteiger partial charge in [0, 0.05) is 18.7 Å². The molecule has 3 rings (SSSR count). The number of hydrogen-bond acceptors (Lipinski definition) is 3. The largest absolute Gasteiger partial charge is 0.481 e. The van der Waals surface area contributed by atoms with Gasteiger partial charge < -0.3 is 14.7 Å². The summed E-state index contributed by atoms with van der Waals surface area (Å²) in [5.41, 5.74) is 0.283. The number of hydrogen-bond donors (Lipinski definition) is 1. The summed E-state index contributed by atoms with van der Waals surface area (Å²) in [5, 5.41) is 9.07. The van der Waals surface area contributed by atoms with Crippen molar-refractivity contribution >= 4 is 11.9 Å². The first-order valence-electron chi connectivity index (χ1n) is 7.48. The molecule has 1 amide bonds. The van der Waals surface area contributed by atoms with Gasteiger partial charge in [0.25, 0.3) is 5.91 Å². The normalized spacial score (nSPS) is 22.2. The Bertz CT molecular complexity index is 609. The number of carboxylic acids is 1. The molecular formula is C16H17F2NO4. The highest BCUT2D eigenvalue weighted by Gasteiger charge is 2.59. The van der Waals surface area contributed by atoms with Gasteiger partial charge in [-0.1, -0.05) is 0 Å². The number of aliphatic carboxylic acids is 1. The molecule has 1 aliphatic carbocycles. The van der Waals surface area contributed by atoms with E-state index in [0.717, 1.165) is 0 Å². The zero-order valence-corrected chi connectivity index (χ0v) is 12.4. The first-order valence-corrected chi connectivity index (χ1v) is 7.48. The molecule has 1 N–H and O–H groups in total. The van der Waals surface area contributed by atoms with Crippen LogP contribution in [0.25, 0.3) is 0 Å². The number of rotatable bonds is 4. The van der Waals surface area contributed by atoms with E-state index >= 15 is 0 Å². The number of piperidine rings is 1. The number of nitrogens with zero attached hydrogens (tertiary/aromatic N) is 1. The molecule has 7 heteroatoms. The van der Waals surface area contributed by atoms with E-state index in [1.54, 1.807) is 4.90 Å². The van der Waals surface area contributed by atoms with E-state index in [2.05, 4.69) is 4.74 Å². The molecule has 1 unspecified atom stereocenters. The lowest BCUT2D eigenvalue weighted by Crippen LogP contribution is -2.40. The van der Waals surface area contributed by atoms with Crippen LogP contribution in [-0.2, 0) is 4.79 Å². The average molecular weight is 325 g/mol. The molecular weight excluding hydrogens is 308 g/mol. The molecule has 1 aromatic rings. The molecule has 1 atom stereocenters. The minimum absolute atomic E-state index is 0.0106. The van der Waals surface area contributed by atoms with Gasteiger partial charge in [-0.15, -0.1) is 0 Å². The highest BCUT2D eigenvalue weighted by atomic mass is 19.3. The molecule has 2 aliphatic rings. The lowest BCUT2D eigenvalue weighted by molar-refractivity contribution is -0.139. The Morgan fingerprint density at radius 3 is 2.30 bits per heavy atom.